The topological polar surface area (TPSA) is 87.3 Å². The molecule has 0 aliphatic carbocycles. The van der Waals surface area contributed by atoms with E-state index in [1.807, 2.05) is 26.0 Å². The summed E-state index contributed by atoms with van der Waals surface area (Å²) in [5.74, 6) is 0.651. The number of aryl methyl sites for hydroxylation is 1. The summed E-state index contributed by atoms with van der Waals surface area (Å²) in [7, 11) is 0. The van der Waals surface area contributed by atoms with Crippen LogP contribution in [-0.2, 0) is 16.0 Å². The monoisotopic (exact) mass is 449 g/mol. The second-order valence-electron chi connectivity index (χ2n) is 6.68. The number of halogens is 2. The summed E-state index contributed by atoms with van der Waals surface area (Å²) in [6.07, 6.45) is 2.20. The number of nitrogens with zero attached hydrogens (tertiary/aromatic N) is 3. The number of aromatic nitrogens is 3. The molecule has 0 spiro atoms. The van der Waals surface area contributed by atoms with Gasteiger partial charge >= 0.3 is 5.97 Å². The number of benzene rings is 1. The molecular weight excluding hydrogens is 429 g/mol. The predicted octanol–water partition coefficient (Wildman–Crippen LogP) is 5.39. The van der Waals surface area contributed by atoms with Gasteiger partial charge in [0.05, 0.1) is 23.3 Å². The Labute approximate surface area is 184 Å². The molecular formula is C21H21Cl2N3O4. The Hall–Kier alpha value is -2.64. The maximum atomic E-state index is 11.6. The Bertz CT molecular complexity index is 1040. The van der Waals surface area contributed by atoms with Crippen molar-refractivity contribution < 1.29 is 18.8 Å². The molecule has 7 nitrogen and oxygen atoms in total. The van der Waals surface area contributed by atoms with Crippen LogP contribution < -0.4 is 4.74 Å². The van der Waals surface area contributed by atoms with Crippen LogP contribution in [-0.4, -0.2) is 33.8 Å². The van der Waals surface area contributed by atoms with E-state index in [1.165, 1.54) is 0 Å². The van der Waals surface area contributed by atoms with Gasteiger partial charge in [-0.25, -0.2) is 4.98 Å². The number of rotatable bonds is 8. The third-order valence-electron chi connectivity index (χ3n) is 4.05. The van der Waals surface area contributed by atoms with E-state index < -0.39 is 0 Å². The van der Waals surface area contributed by atoms with Crippen molar-refractivity contribution in [3.8, 4) is 28.7 Å². The van der Waals surface area contributed by atoms with Crippen LogP contribution in [0.1, 0.15) is 32.8 Å². The Kier molecular flexibility index (Phi) is 7.29. The van der Waals surface area contributed by atoms with Crippen LogP contribution >= 0.6 is 23.2 Å². The molecule has 0 N–H and O–H groups in total. The fourth-order valence-corrected chi connectivity index (χ4v) is 3.23. The molecule has 0 saturated carbocycles. The zero-order chi connectivity index (χ0) is 21.7. The predicted molar refractivity (Wildman–Crippen MR) is 114 cm³/mol. The van der Waals surface area contributed by atoms with Crippen molar-refractivity contribution >= 4 is 29.2 Å². The molecule has 2 heterocycles. The van der Waals surface area contributed by atoms with E-state index in [4.69, 9.17) is 37.2 Å². The Morgan fingerprint density at radius 3 is 2.77 bits per heavy atom. The lowest BCUT2D eigenvalue weighted by Gasteiger charge is -2.09. The molecule has 0 atom stereocenters. The lowest BCUT2D eigenvalue weighted by molar-refractivity contribution is -0.143. The molecule has 3 aromatic rings. The first-order valence-electron chi connectivity index (χ1n) is 9.48. The van der Waals surface area contributed by atoms with Crippen LogP contribution in [0, 0.1) is 0 Å². The number of pyridine rings is 1. The van der Waals surface area contributed by atoms with Crippen LogP contribution in [0.25, 0.3) is 22.8 Å². The van der Waals surface area contributed by atoms with E-state index >= 15 is 0 Å². The van der Waals surface area contributed by atoms with E-state index in [9.17, 15) is 4.79 Å². The van der Waals surface area contributed by atoms with E-state index in [1.54, 1.807) is 25.3 Å². The number of carbonyl (C=O) groups excluding carboxylic acids is 1. The standard InChI is InChI=1S/C21H21Cl2N3O4/c1-4-28-17(27)9-8-13-6-5-7-15(18(13)23)19-25-20(30-26-19)14-10-16(22)21(24-11-14)29-12(2)3/h5-7,10-12H,4,8-9H2,1-3H3. The van der Waals surface area contributed by atoms with Gasteiger partial charge in [-0.05, 0) is 44.9 Å². The zero-order valence-corrected chi connectivity index (χ0v) is 18.3. The zero-order valence-electron chi connectivity index (χ0n) is 16.8. The van der Waals surface area contributed by atoms with Gasteiger partial charge in [-0.1, -0.05) is 40.5 Å². The maximum Gasteiger partial charge on any atom is 0.306 e. The lowest BCUT2D eigenvalue weighted by atomic mass is 10.1. The Morgan fingerprint density at radius 2 is 2.07 bits per heavy atom. The van der Waals surface area contributed by atoms with Crippen molar-refractivity contribution in [2.45, 2.75) is 39.7 Å². The quantitative estimate of drug-likeness (QED) is 0.426. The van der Waals surface area contributed by atoms with E-state index in [2.05, 4.69) is 15.1 Å². The minimum atomic E-state index is -0.268. The number of esters is 1. The molecule has 2 aromatic heterocycles. The first kappa shape index (κ1) is 22.1. The minimum absolute atomic E-state index is 0.0471. The molecule has 0 aliphatic heterocycles. The van der Waals surface area contributed by atoms with Gasteiger partial charge in [0.15, 0.2) is 0 Å². The summed E-state index contributed by atoms with van der Waals surface area (Å²) < 4.78 is 15.9. The molecule has 158 valence electrons. The third-order valence-corrected chi connectivity index (χ3v) is 4.77. The van der Waals surface area contributed by atoms with Crippen molar-refractivity contribution in [2.24, 2.45) is 0 Å². The number of hydrogen-bond acceptors (Lipinski definition) is 7. The smallest absolute Gasteiger partial charge is 0.306 e. The molecule has 0 aliphatic rings. The molecule has 30 heavy (non-hydrogen) atoms. The molecule has 0 saturated heterocycles. The summed E-state index contributed by atoms with van der Waals surface area (Å²) in [6.45, 7) is 5.90. The molecule has 0 radical (unpaired) electrons. The van der Waals surface area contributed by atoms with Gasteiger partial charge in [0.2, 0.25) is 11.7 Å². The van der Waals surface area contributed by atoms with Crippen molar-refractivity contribution in [1.82, 2.24) is 15.1 Å². The van der Waals surface area contributed by atoms with Crippen LogP contribution in [0.3, 0.4) is 0 Å². The van der Waals surface area contributed by atoms with Gasteiger partial charge in [0.25, 0.3) is 5.89 Å². The highest BCUT2D eigenvalue weighted by atomic mass is 35.5. The first-order chi connectivity index (χ1) is 14.4. The van der Waals surface area contributed by atoms with Crippen molar-refractivity contribution in [1.29, 1.82) is 0 Å². The fraction of sp³-hybridized carbons (Fsp3) is 0.333. The molecule has 1 aromatic carbocycles. The van der Waals surface area contributed by atoms with Crippen molar-refractivity contribution in [2.75, 3.05) is 6.61 Å². The second kappa shape index (κ2) is 9.91. The van der Waals surface area contributed by atoms with E-state index in [0.717, 1.165) is 5.56 Å². The van der Waals surface area contributed by atoms with Crippen LogP contribution in [0.5, 0.6) is 5.88 Å². The Morgan fingerprint density at radius 1 is 1.27 bits per heavy atom. The lowest BCUT2D eigenvalue weighted by Crippen LogP contribution is -2.07. The average Bonchev–Trinajstić information content (AvgIpc) is 3.18. The number of hydrogen-bond donors (Lipinski definition) is 0. The summed E-state index contributed by atoms with van der Waals surface area (Å²) in [4.78, 5) is 20.3. The van der Waals surface area contributed by atoms with Crippen molar-refractivity contribution in [3.05, 3.63) is 46.1 Å². The molecule has 0 amide bonds. The molecule has 0 bridgehead atoms. The van der Waals surface area contributed by atoms with Gasteiger partial charge < -0.3 is 14.0 Å². The summed E-state index contributed by atoms with van der Waals surface area (Å²) in [5, 5.41) is 4.84. The number of carbonyl (C=O) groups is 1. The highest BCUT2D eigenvalue weighted by molar-refractivity contribution is 6.34. The summed E-state index contributed by atoms with van der Waals surface area (Å²) >= 11 is 12.8. The summed E-state index contributed by atoms with van der Waals surface area (Å²) in [6, 6.07) is 7.12. The van der Waals surface area contributed by atoms with Gasteiger partial charge in [-0.15, -0.1) is 0 Å². The highest BCUT2D eigenvalue weighted by Crippen LogP contribution is 2.32. The molecule has 9 heteroatoms. The van der Waals surface area contributed by atoms with Crippen LogP contribution in [0.15, 0.2) is 35.0 Å². The van der Waals surface area contributed by atoms with Crippen molar-refractivity contribution in [3.63, 3.8) is 0 Å². The van der Waals surface area contributed by atoms with Crippen LogP contribution in [0.2, 0.25) is 10.0 Å². The fourth-order valence-electron chi connectivity index (χ4n) is 2.72. The SMILES string of the molecule is CCOC(=O)CCc1cccc(-c2noc(-c3cnc(OC(C)C)c(Cl)c3)n2)c1Cl. The minimum Gasteiger partial charge on any atom is -0.474 e. The first-order valence-corrected chi connectivity index (χ1v) is 10.2. The van der Waals surface area contributed by atoms with E-state index in [-0.39, 0.29) is 24.4 Å². The van der Waals surface area contributed by atoms with Gasteiger partial charge in [0.1, 0.15) is 5.02 Å². The largest absolute Gasteiger partial charge is 0.474 e. The third kappa shape index (κ3) is 5.29. The van der Waals surface area contributed by atoms with Gasteiger partial charge in [-0.3, -0.25) is 4.79 Å². The van der Waals surface area contributed by atoms with Gasteiger partial charge in [0, 0.05) is 18.2 Å². The van der Waals surface area contributed by atoms with E-state index in [0.29, 0.717) is 45.9 Å². The molecule has 0 fully saturated rings. The molecule has 0 unspecified atom stereocenters. The van der Waals surface area contributed by atoms with Crippen LogP contribution in [0.4, 0.5) is 0 Å². The molecule has 3 rings (SSSR count). The van der Waals surface area contributed by atoms with Gasteiger partial charge in [-0.2, -0.15) is 4.98 Å². The normalized spacial score (nSPS) is 11.0. The second-order valence-corrected chi connectivity index (χ2v) is 7.47. The summed E-state index contributed by atoms with van der Waals surface area (Å²) in [5.41, 5.74) is 1.96. The maximum absolute atomic E-state index is 11.6. The highest BCUT2D eigenvalue weighted by Gasteiger charge is 2.17. The Balaban J connectivity index is 1.82. The average molecular weight is 450 g/mol. The number of ether oxygens (including phenoxy) is 2.